The number of hydrogen-bond acceptors (Lipinski definition) is 3. The molecule has 30 heavy (non-hydrogen) atoms. The normalized spacial score (nSPS) is 14.0. The first kappa shape index (κ1) is 18.4. The number of amides is 1. The minimum atomic E-state index is -0.293. The topological polar surface area (TPSA) is 47.4 Å². The van der Waals surface area contributed by atoms with Gasteiger partial charge in [0.05, 0.1) is 11.0 Å². The summed E-state index contributed by atoms with van der Waals surface area (Å²) in [5.41, 5.74) is 4.05. The molecule has 0 radical (unpaired) electrons. The maximum Gasteiger partial charge on any atom is 0.247 e. The van der Waals surface area contributed by atoms with Gasteiger partial charge in [0, 0.05) is 12.2 Å². The Balaban J connectivity index is 1.47. The van der Waals surface area contributed by atoms with E-state index in [9.17, 15) is 4.79 Å². The van der Waals surface area contributed by atoms with Crippen molar-refractivity contribution in [3.8, 4) is 5.75 Å². The van der Waals surface area contributed by atoms with Crippen molar-refractivity contribution in [2.24, 2.45) is 0 Å². The molecule has 0 aliphatic carbocycles. The van der Waals surface area contributed by atoms with Gasteiger partial charge in [-0.05, 0) is 49.2 Å². The van der Waals surface area contributed by atoms with Crippen LogP contribution in [-0.2, 0) is 17.8 Å². The molecule has 0 fully saturated rings. The highest BCUT2D eigenvalue weighted by Crippen LogP contribution is 2.29. The molecule has 5 heteroatoms. The summed E-state index contributed by atoms with van der Waals surface area (Å²) in [6.07, 6.45) is 0.603. The third kappa shape index (κ3) is 3.32. The summed E-state index contributed by atoms with van der Waals surface area (Å²) in [6, 6.07) is 25.7. The molecule has 0 bridgehead atoms. The van der Waals surface area contributed by atoms with E-state index in [0.29, 0.717) is 0 Å². The fraction of sp³-hybridized carbons (Fsp3) is 0.200. The molecule has 0 unspecified atom stereocenters. The van der Waals surface area contributed by atoms with E-state index in [0.717, 1.165) is 41.3 Å². The lowest BCUT2D eigenvalue weighted by Gasteiger charge is -2.20. The lowest BCUT2D eigenvalue weighted by molar-refractivity contribution is -0.119. The zero-order chi connectivity index (χ0) is 20.5. The van der Waals surface area contributed by atoms with Gasteiger partial charge in [-0.15, -0.1) is 0 Å². The molecule has 1 aliphatic heterocycles. The van der Waals surface area contributed by atoms with Crippen molar-refractivity contribution in [1.82, 2.24) is 9.55 Å². The van der Waals surface area contributed by atoms with E-state index < -0.39 is 0 Å². The Bertz CT molecular complexity index is 1200. The SMILES string of the molecule is C[C@H](Oc1ccccc1)c1nc2ccccc2n1CC(=O)N1CCc2ccccc21. The molecule has 5 nitrogen and oxygen atoms in total. The lowest BCUT2D eigenvalue weighted by Crippen LogP contribution is -2.33. The zero-order valence-electron chi connectivity index (χ0n) is 16.9. The molecule has 0 spiro atoms. The van der Waals surface area contributed by atoms with Gasteiger partial charge in [0.25, 0.3) is 0 Å². The largest absolute Gasteiger partial charge is 0.483 e. The Labute approximate surface area is 175 Å². The lowest BCUT2D eigenvalue weighted by atomic mass is 10.2. The Morgan fingerprint density at radius 1 is 1.00 bits per heavy atom. The fourth-order valence-corrected chi connectivity index (χ4v) is 4.14. The predicted octanol–water partition coefficient (Wildman–Crippen LogP) is 4.77. The molecule has 5 rings (SSSR count). The van der Waals surface area contributed by atoms with Gasteiger partial charge in [0.1, 0.15) is 12.3 Å². The molecule has 1 amide bonds. The van der Waals surface area contributed by atoms with E-state index in [2.05, 4.69) is 6.07 Å². The van der Waals surface area contributed by atoms with E-state index in [1.54, 1.807) is 0 Å². The van der Waals surface area contributed by atoms with Gasteiger partial charge in [0.15, 0.2) is 11.9 Å². The molecule has 150 valence electrons. The van der Waals surface area contributed by atoms with Crippen LogP contribution in [0.3, 0.4) is 0 Å². The van der Waals surface area contributed by atoms with Gasteiger partial charge in [-0.25, -0.2) is 4.98 Å². The highest BCUT2D eigenvalue weighted by atomic mass is 16.5. The molecule has 3 aromatic carbocycles. The summed E-state index contributed by atoms with van der Waals surface area (Å²) in [6.45, 7) is 2.92. The fourth-order valence-electron chi connectivity index (χ4n) is 4.14. The second-order valence-electron chi connectivity index (χ2n) is 7.54. The van der Waals surface area contributed by atoms with Gasteiger partial charge in [-0.2, -0.15) is 0 Å². The first-order valence-corrected chi connectivity index (χ1v) is 10.3. The summed E-state index contributed by atoms with van der Waals surface area (Å²) >= 11 is 0. The van der Waals surface area contributed by atoms with Crippen molar-refractivity contribution >= 4 is 22.6 Å². The molecule has 0 saturated heterocycles. The number of hydrogen-bond donors (Lipinski definition) is 0. The van der Waals surface area contributed by atoms with Gasteiger partial charge < -0.3 is 14.2 Å². The van der Waals surface area contributed by atoms with Gasteiger partial charge in [-0.1, -0.05) is 48.5 Å². The minimum absolute atomic E-state index is 0.0660. The molecule has 4 aromatic rings. The number of carbonyl (C=O) groups excluding carboxylic acids is 1. The van der Waals surface area contributed by atoms with Gasteiger partial charge in [0.2, 0.25) is 5.91 Å². The maximum atomic E-state index is 13.3. The van der Waals surface area contributed by atoms with Gasteiger partial charge >= 0.3 is 0 Å². The summed E-state index contributed by atoms with van der Waals surface area (Å²) < 4.78 is 8.12. The number of fused-ring (bicyclic) bond motifs is 2. The van der Waals surface area contributed by atoms with Crippen molar-refractivity contribution in [2.45, 2.75) is 26.0 Å². The maximum absolute atomic E-state index is 13.3. The Kier molecular flexibility index (Phi) is 4.71. The highest BCUT2D eigenvalue weighted by Gasteiger charge is 2.26. The van der Waals surface area contributed by atoms with Crippen LogP contribution in [0.4, 0.5) is 5.69 Å². The van der Waals surface area contributed by atoms with E-state index in [1.165, 1.54) is 5.56 Å². The number of carbonyl (C=O) groups is 1. The Morgan fingerprint density at radius 3 is 2.60 bits per heavy atom. The van der Waals surface area contributed by atoms with Gasteiger partial charge in [-0.3, -0.25) is 4.79 Å². The first-order valence-electron chi connectivity index (χ1n) is 10.3. The molecule has 1 aromatic heterocycles. The monoisotopic (exact) mass is 397 g/mol. The average Bonchev–Trinajstić information content (AvgIpc) is 3.36. The third-order valence-corrected chi connectivity index (χ3v) is 5.59. The smallest absolute Gasteiger partial charge is 0.247 e. The van der Waals surface area contributed by atoms with Crippen molar-refractivity contribution in [2.75, 3.05) is 11.4 Å². The highest BCUT2D eigenvalue weighted by molar-refractivity contribution is 5.96. The molecule has 1 aliphatic rings. The Morgan fingerprint density at radius 2 is 1.73 bits per heavy atom. The molecular weight excluding hydrogens is 374 g/mol. The summed E-state index contributed by atoms with van der Waals surface area (Å²) in [4.78, 5) is 20.0. The van der Waals surface area contributed by atoms with Crippen LogP contribution in [-0.4, -0.2) is 22.0 Å². The summed E-state index contributed by atoms with van der Waals surface area (Å²) in [5, 5.41) is 0. The van der Waals surface area contributed by atoms with Crippen molar-refractivity contribution in [1.29, 1.82) is 0 Å². The van der Waals surface area contributed by atoms with Crippen molar-refractivity contribution in [3.05, 3.63) is 90.3 Å². The summed E-state index contributed by atoms with van der Waals surface area (Å²) in [7, 11) is 0. The van der Waals surface area contributed by atoms with Crippen LogP contribution in [0.2, 0.25) is 0 Å². The number of para-hydroxylation sites is 4. The molecule has 1 atom stereocenters. The standard InChI is InChI=1S/C25H23N3O2/c1-18(30-20-10-3-2-4-11-20)25-26-21-12-6-8-14-23(21)28(25)17-24(29)27-16-15-19-9-5-7-13-22(19)27/h2-14,18H,15-17H2,1H3/t18-/m0/s1. The number of rotatable bonds is 5. The van der Waals surface area contributed by atoms with E-state index in [4.69, 9.17) is 9.72 Å². The number of imidazole rings is 1. The quantitative estimate of drug-likeness (QED) is 0.488. The minimum Gasteiger partial charge on any atom is -0.483 e. The molecular formula is C25H23N3O2. The van der Waals surface area contributed by atoms with Crippen LogP contribution < -0.4 is 9.64 Å². The predicted molar refractivity (Wildman–Crippen MR) is 118 cm³/mol. The molecule has 2 heterocycles. The van der Waals surface area contributed by atoms with E-state index >= 15 is 0 Å². The number of nitrogens with zero attached hydrogens (tertiary/aromatic N) is 3. The second kappa shape index (κ2) is 7.67. The Hall–Kier alpha value is -3.60. The van der Waals surface area contributed by atoms with Crippen LogP contribution in [0.5, 0.6) is 5.75 Å². The third-order valence-electron chi connectivity index (χ3n) is 5.59. The molecule has 0 saturated carbocycles. The van der Waals surface area contributed by atoms with Crippen LogP contribution in [0, 0.1) is 0 Å². The number of aromatic nitrogens is 2. The van der Waals surface area contributed by atoms with Crippen LogP contribution in [0.25, 0.3) is 11.0 Å². The first-order chi connectivity index (χ1) is 14.7. The van der Waals surface area contributed by atoms with Crippen LogP contribution in [0.15, 0.2) is 78.9 Å². The van der Waals surface area contributed by atoms with Crippen molar-refractivity contribution < 1.29 is 9.53 Å². The number of anilines is 1. The summed E-state index contributed by atoms with van der Waals surface area (Å²) in [5.74, 6) is 1.60. The molecule has 0 N–H and O–H groups in total. The van der Waals surface area contributed by atoms with E-state index in [1.807, 2.05) is 89.2 Å². The number of benzene rings is 3. The van der Waals surface area contributed by atoms with E-state index in [-0.39, 0.29) is 18.6 Å². The second-order valence-corrected chi connectivity index (χ2v) is 7.54. The van der Waals surface area contributed by atoms with Crippen molar-refractivity contribution in [3.63, 3.8) is 0 Å². The average molecular weight is 397 g/mol. The zero-order valence-corrected chi connectivity index (χ0v) is 16.9. The number of ether oxygens (including phenoxy) is 1. The van der Waals surface area contributed by atoms with Crippen LogP contribution >= 0.6 is 0 Å². The van der Waals surface area contributed by atoms with Crippen LogP contribution in [0.1, 0.15) is 24.4 Å².